The van der Waals surface area contributed by atoms with Crippen LogP contribution < -0.4 is 10.6 Å². The normalized spacial score (nSPS) is 15.8. The number of aromatic amines is 1. The van der Waals surface area contributed by atoms with E-state index in [4.69, 9.17) is 4.74 Å². The van der Waals surface area contributed by atoms with Crippen LogP contribution in [0, 0.1) is 12.8 Å². The third kappa shape index (κ3) is 6.09. The van der Waals surface area contributed by atoms with Crippen molar-refractivity contribution in [1.29, 1.82) is 0 Å². The number of aliphatic hydroxyl groups excluding tert-OH is 1. The minimum absolute atomic E-state index is 0.0798. The number of hydrogen-bond donors (Lipinski definition) is 4. The Balaban J connectivity index is 1.73. The van der Waals surface area contributed by atoms with Crippen molar-refractivity contribution in [1.82, 2.24) is 15.5 Å². The van der Waals surface area contributed by atoms with Gasteiger partial charge >= 0.3 is 6.09 Å². The van der Waals surface area contributed by atoms with E-state index in [1.807, 2.05) is 31.2 Å². The molecule has 1 fully saturated rings. The number of aromatic nitrogens is 2. The van der Waals surface area contributed by atoms with Gasteiger partial charge in [-0.1, -0.05) is 31.4 Å². The Morgan fingerprint density at radius 3 is 2.44 bits per heavy atom. The predicted molar refractivity (Wildman–Crippen MR) is 123 cm³/mol. The van der Waals surface area contributed by atoms with Crippen LogP contribution in [0.25, 0.3) is 11.1 Å². The van der Waals surface area contributed by atoms with E-state index in [1.54, 1.807) is 20.8 Å². The molecule has 0 aliphatic heterocycles. The molecule has 1 aromatic heterocycles. The average Bonchev–Trinajstić information content (AvgIpc) is 3.12. The fraction of sp³-hybridized carbons (Fsp3) is 0.542. The second-order valence-electron chi connectivity index (χ2n) is 9.42. The number of H-pyrrole nitrogens is 1. The molecule has 0 saturated heterocycles. The molecule has 4 N–H and O–H groups in total. The first-order chi connectivity index (χ1) is 15.2. The number of carbonyl (C=O) groups is 2. The van der Waals surface area contributed by atoms with Crippen LogP contribution in [0.15, 0.2) is 24.3 Å². The fourth-order valence-electron chi connectivity index (χ4n) is 4.22. The number of anilines is 1. The first kappa shape index (κ1) is 23.8. The molecule has 1 aliphatic carbocycles. The van der Waals surface area contributed by atoms with Crippen LogP contribution in [0.5, 0.6) is 0 Å². The Bertz CT molecular complexity index is 924. The van der Waals surface area contributed by atoms with Crippen LogP contribution >= 0.6 is 0 Å². The Labute approximate surface area is 189 Å². The lowest BCUT2D eigenvalue weighted by Gasteiger charge is -2.31. The Morgan fingerprint density at radius 2 is 1.84 bits per heavy atom. The second-order valence-corrected chi connectivity index (χ2v) is 9.42. The summed E-state index contributed by atoms with van der Waals surface area (Å²) in [5.41, 5.74) is 3.21. The molecule has 32 heavy (non-hydrogen) atoms. The minimum atomic E-state index is -0.651. The molecular formula is C24H34N4O4. The molecule has 1 saturated carbocycles. The number of amides is 2. The van der Waals surface area contributed by atoms with Crippen molar-refractivity contribution in [3.63, 3.8) is 0 Å². The number of nitrogens with one attached hydrogen (secondary N) is 3. The molecule has 1 aliphatic rings. The second kappa shape index (κ2) is 10.2. The lowest BCUT2D eigenvalue weighted by Crippen LogP contribution is -2.50. The highest BCUT2D eigenvalue weighted by atomic mass is 16.6. The van der Waals surface area contributed by atoms with Gasteiger partial charge in [0.1, 0.15) is 11.6 Å². The molecule has 0 bridgehead atoms. The van der Waals surface area contributed by atoms with Gasteiger partial charge in [0.15, 0.2) is 0 Å². The van der Waals surface area contributed by atoms with Crippen molar-refractivity contribution in [3.05, 3.63) is 35.7 Å². The number of benzene rings is 1. The van der Waals surface area contributed by atoms with E-state index in [1.165, 1.54) is 0 Å². The third-order valence-electron chi connectivity index (χ3n) is 5.69. The maximum atomic E-state index is 13.2. The van der Waals surface area contributed by atoms with E-state index < -0.39 is 17.7 Å². The zero-order valence-corrected chi connectivity index (χ0v) is 19.3. The highest BCUT2D eigenvalue weighted by Gasteiger charge is 2.32. The number of rotatable bonds is 6. The van der Waals surface area contributed by atoms with Crippen LogP contribution in [0.2, 0.25) is 0 Å². The molecule has 8 nitrogen and oxygen atoms in total. The van der Waals surface area contributed by atoms with E-state index >= 15 is 0 Å². The quantitative estimate of drug-likeness (QED) is 0.533. The molecule has 2 aromatic rings. The largest absolute Gasteiger partial charge is 0.444 e. The summed E-state index contributed by atoms with van der Waals surface area (Å²) >= 11 is 0. The van der Waals surface area contributed by atoms with E-state index in [9.17, 15) is 14.7 Å². The molecule has 0 spiro atoms. The number of nitrogens with zero attached hydrogens (tertiary/aromatic N) is 1. The standard InChI is InChI=1S/C24H34N4O4/c1-15-20(19(14-29)28-27-15)16-10-12-18(13-11-16)25-22(30)21(17-8-6-5-7-9-17)26-23(31)32-24(2,3)4/h10-13,17,21,29H,5-9,14H2,1-4H3,(H,25,30)(H,26,31)(H,27,28). The number of aliphatic hydroxyl groups is 1. The van der Waals surface area contributed by atoms with Gasteiger partial charge in [-0.3, -0.25) is 9.89 Å². The molecule has 174 valence electrons. The minimum Gasteiger partial charge on any atom is -0.444 e. The van der Waals surface area contributed by atoms with Gasteiger partial charge in [0.05, 0.1) is 12.3 Å². The Hall–Kier alpha value is -2.87. The number of hydrogen-bond acceptors (Lipinski definition) is 5. The smallest absolute Gasteiger partial charge is 0.408 e. The summed E-state index contributed by atoms with van der Waals surface area (Å²) in [5, 5.41) is 22.3. The Morgan fingerprint density at radius 1 is 1.19 bits per heavy atom. The third-order valence-corrected chi connectivity index (χ3v) is 5.69. The summed E-state index contributed by atoms with van der Waals surface area (Å²) in [4.78, 5) is 25.5. The van der Waals surface area contributed by atoms with Crippen molar-refractivity contribution in [2.75, 3.05) is 5.32 Å². The topological polar surface area (TPSA) is 116 Å². The molecular weight excluding hydrogens is 408 g/mol. The van der Waals surface area contributed by atoms with Gasteiger partial charge < -0.3 is 20.5 Å². The summed E-state index contributed by atoms with van der Waals surface area (Å²) in [5.74, 6) is -0.165. The molecule has 2 amide bonds. The monoisotopic (exact) mass is 442 g/mol. The van der Waals surface area contributed by atoms with Crippen molar-refractivity contribution in [2.24, 2.45) is 5.92 Å². The summed E-state index contributed by atoms with van der Waals surface area (Å²) < 4.78 is 5.39. The molecule has 8 heteroatoms. The molecule has 0 radical (unpaired) electrons. The van der Waals surface area contributed by atoms with Gasteiger partial charge in [-0.25, -0.2) is 4.79 Å². The molecule has 1 atom stereocenters. The number of carbonyl (C=O) groups excluding carboxylic acids is 2. The van der Waals surface area contributed by atoms with Crippen LogP contribution in [0.1, 0.15) is 64.3 Å². The van der Waals surface area contributed by atoms with Gasteiger partial charge in [-0.2, -0.15) is 5.10 Å². The average molecular weight is 443 g/mol. The SMILES string of the molecule is Cc1[nH]nc(CO)c1-c1ccc(NC(=O)C(NC(=O)OC(C)(C)C)C2CCCCC2)cc1. The maximum absolute atomic E-state index is 13.2. The van der Waals surface area contributed by atoms with E-state index in [0.717, 1.165) is 48.9 Å². The molecule has 1 aromatic carbocycles. The first-order valence-corrected chi connectivity index (χ1v) is 11.2. The highest BCUT2D eigenvalue weighted by Crippen LogP contribution is 2.29. The molecule has 3 rings (SSSR count). The van der Waals surface area contributed by atoms with Gasteiger partial charge in [-0.05, 0) is 64.2 Å². The van der Waals surface area contributed by atoms with Crippen LogP contribution in [0.4, 0.5) is 10.5 Å². The first-order valence-electron chi connectivity index (χ1n) is 11.2. The Kier molecular flexibility index (Phi) is 7.56. The molecule has 1 heterocycles. The predicted octanol–water partition coefficient (Wildman–Crippen LogP) is 4.29. The zero-order valence-electron chi connectivity index (χ0n) is 19.3. The maximum Gasteiger partial charge on any atom is 0.408 e. The van der Waals surface area contributed by atoms with E-state index in [-0.39, 0.29) is 18.4 Å². The van der Waals surface area contributed by atoms with Crippen LogP contribution in [-0.2, 0) is 16.1 Å². The summed E-state index contributed by atoms with van der Waals surface area (Å²) in [6.45, 7) is 7.14. The van der Waals surface area contributed by atoms with Gasteiger partial charge in [0.2, 0.25) is 5.91 Å². The van der Waals surface area contributed by atoms with Crippen molar-refractivity contribution >= 4 is 17.7 Å². The highest BCUT2D eigenvalue weighted by molar-refractivity contribution is 5.97. The van der Waals surface area contributed by atoms with Gasteiger partial charge in [0.25, 0.3) is 0 Å². The van der Waals surface area contributed by atoms with Gasteiger partial charge in [0, 0.05) is 16.9 Å². The fourth-order valence-corrected chi connectivity index (χ4v) is 4.22. The summed E-state index contributed by atoms with van der Waals surface area (Å²) in [7, 11) is 0. The van der Waals surface area contributed by atoms with Gasteiger partial charge in [-0.15, -0.1) is 0 Å². The lowest BCUT2D eigenvalue weighted by atomic mass is 9.83. The van der Waals surface area contributed by atoms with E-state index in [2.05, 4.69) is 20.8 Å². The van der Waals surface area contributed by atoms with Crippen molar-refractivity contribution in [2.45, 2.75) is 78.0 Å². The number of alkyl carbamates (subject to hydrolysis) is 1. The number of aryl methyl sites for hydroxylation is 1. The van der Waals surface area contributed by atoms with Crippen LogP contribution in [-0.4, -0.2) is 38.9 Å². The molecule has 1 unspecified atom stereocenters. The number of ether oxygens (including phenoxy) is 1. The van der Waals surface area contributed by atoms with Crippen molar-refractivity contribution in [3.8, 4) is 11.1 Å². The summed E-state index contributed by atoms with van der Waals surface area (Å²) in [6.07, 6.45) is 4.48. The lowest BCUT2D eigenvalue weighted by molar-refractivity contribution is -0.119. The zero-order chi connectivity index (χ0) is 23.3. The van der Waals surface area contributed by atoms with Crippen molar-refractivity contribution < 1.29 is 19.4 Å². The summed E-state index contributed by atoms with van der Waals surface area (Å²) in [6, 6.07) is 6.73. The van der Waals surface area contributed by atoms with Crippen LogP contribution in [0.3, 0.4) is 0 Å². The van der Waals surface area contributed by atoms with E-state index in [0.29, 0.717) is 11.4 Å².